The molecule has 1 heterocycles. The molecule has 1 aliphatic heterocycles. The molecular formula is C24H27Cl2N3O2. The molecule has 0 saturated heterocycles. The first-order valence-corrected chi connectivity index (χ1v) is 11.0. The van der Waals surface area contributed by atoms with Crippen LogP contribution < -0.4 is 15.1 Å². The number of hydrogen-bond acceptors (Lipinski definition) is 4. The van der Waals surface area contributed by atoms with Crippen molar-refractivity contribution in [1.29, 1.82) is 0 Å². The van der Waals surface area contributed by atoms with Gasteiger partial charge in [-0.2, -0.15) is 5.10 Å². The monoisotopic (exact) mass is 459 g/mol. The van der Waals surface area contributed by atoms with Crippen LogP contribution >= 0.6 is 23.2 Å². The van der Waals surface area contributed by atoms with Crippen LogP contribution in [0.15, 0.2) is 47.6 Å². The van der Waals surface area contributed by atoms with E-state index in [-0.39, 0.29) is 18.1 Å². The van der Waals surface area contributed by atoms with Crippen molar-refractivity contribution in [2.24, 2.45) is 5.10 Å². The van der Waals surface area contributed by atoms with Crippen LogP contribution in [0.1, 0.15) is 45.2 Å². The number of amides is 1. The largest absolute Gasteiger partial charge is 0.482 e. The van der Waals surface area contributed by atoms with Crippen LogP contribution in [0.25, 0.3) is 5.57 Å². The fourth-order valence-electron chi connectivity index (χ4n) is 3.76. The van der Waals surface area contributed by atoms with Crippen LogP contribution in [0.3, 0.4) is 0 Å². The fourth-order valence-corrected chi connectivity index (χ4v) is 4.22. The molecule has 31 heavy (non-hydrogen) atoms. The lowest BCUT2D eigenvalue weighted by Gasteiger charge is -2.43. The third-order valence-electron chi connectivity index (χ3n) is 5.10. The molecular weight excluding hydrogens is 433 g/mol. The summed E-state index contributed by atoms with van der Waals surface area (Å²) in [5, 5.41) is 4.91. The molecule has 1 N–H and O–H groups in total. The highest BCUT2D eigenvalue weighted by Gasteiger charge is 2.30. The number of hydrogen-bond donors (Lipinski definition) is 1. The van der Waals surface area contributed by atoms with E-state index in [9.17, 15) is 4.79 Å². The number of ether oxygens (including phenoxy) is 1. The van der Waals surface area contributed by atoms with Gasteiger partial charge in [0.1, 0.15) is 5.75 Å². The summed E-state index contributed by atoms with van der Waals surface area (Å²) < 4.78 is 5.41. The van der Waals surface area contributed by atoms with E-state index in [2.05, 4.69) is 61.3 Å². The lowest BCUT2D eigenvalue weighted by molar-refractivity contribution is -0.123. The summed E-state index contributed by atoms with van der Waals surface area (Å²) in [5.74, 6) is 0.00822. The Morgan fingerprint density at radius 3 is 2.71 bits per heavy atom. The first-order chi connectivity index (χ1) is 14.7. The van der Waals surface area contributed by atoms with Crippen molar-refractivity contribution in [3.05, 3.63) is 63.6 Å². The van der Waals surface area contributed by atoms with Gasteiger partial charge < -0.3 is 9.64 Å². The third-order valence-corrected chi connectivity index (χ3v) is 5.63. The molecule has 0 fully saturated rings. The summed E-state index contributed by atoms with van der Waals surface area (Å²) in [6, 6.07) is 11.1. The molecule has 0 unspecified atom stereocenters. The normalized spacial score (nSPS) is 14.9. The molecule has 5 nitrogen and oxygen atoms in total. The fraction of sp³-hybridized carbons (Fsp3) is 0.333. The third kappa shape index (κ3) is 5.60. The summed E-state index contributed by atoms with van der Waals surface area (Å²) in [5.41, 5.74) is 7.00. The number of nitrogens with zero attached hydrogens (tertiary/aromatic N) is 2. The van der Waals surface area contributed by atoms with Crippen molar-refractivity contribution in [2.75, 3.05) is 18.1 Å². The van der Waals surface area contributed by atoms with Crippen LogP contribution in [-0.2, 0) is 4.79 Å². The number of anilines is 1. The molecule has 0 aliphatic carbocycles. The first kappa shape index (κ1) is 23.2. The number of hydrazone groups is 1. The second kappa shape index (κ2) is 9.75. The number of carbonyl (C=O) groups excluding carboxylic acids is 1. The predicted molar refractivity (Wildman–Crippen MR) is 130 cm³/mol. The zero-order valence-corrected chi connectivity index (χ0v) is 19.7. The second-order valence-corrected chi connectivity index (χ2v) is 8.91. The first-order valence-electron chi connectivity index (χ1n) is 10.2. The Bertz CT molecular complexity index is 1030. The van der Waals surface area contributed by atoms with Gasteiger partial charge in [-0.25, -0.2) is 5.43 Å². The average molecular weight is 460 g/mol. The predicted octanol–water partition coefficient (Wildman–Crippen LogP) is 5.93. The highest BCUT2D eigenvalue weighted by Crippen LogP contribution is 2.39. The molecule has 0 aromatic heterocycles. The van der Waals surface area contributed by atoms with Crippen molar-refractivity contribution in [1.82, 2.24) is 5.43 Å². The number of halogens is 2. The van der Waals surface area contributed by atoms with Crippen LogP contribution in [0, 0.1) is 0 Å². The van der Waals surface area contributed by atoms with Crippen molar-refractivity contribution in [3.8, 4) is 5.75 Å². The van der Waals surface area contributed by atoms with Crippen molar-refractivity contribution in [2.45, 2.75) is 39.7 Å². The van der Waals surface area contributed by atoms with Gasteiger partial charge >= 0.3 is 0 Å². The Morgan fingerprint density at radius 1 is 1.23 bits per heavy atom. The SMILES string of the molecule is CCCN1c2ccc(/C=N/NC(=O)COc3ccc(Cl)cc3Cl)cc2C(C)=CC1(C)C. The van der Waals surface area contributed by atoms with Gasteiger partial charge in [0, 0.05) is 22.8 Å². The van der Waals surface area contributed by atoms with Gasteiger partial charge in [-0.05, 0) is 68.7 Å². The molecule has 7 heteroatoms. The van der Waals surface area contributed by atoms with E-state index >= 15 is 0 Å². The topological polar surface area (TPSA) is 53.9 Å². The molecule has 3 rings (SSSR count). The Hall–Kier alpha value is -2.50. The summed E-state index contributed by atoms with van der Waals surface area (Å²) in [4.78, 5) is 14.4. The average Bonchev–Trinajstić information content (AvgIpc) is 2.70. The molecule has 0 saturated carbocycles. The van der Waals surface area contributed by atoms with Crippen molar-refractivity contribution >= 4 is 46.6 Å². The highest BCUT2D eigenvalue weighted by molar-refractivity contribution is 6.35. The maximum Gasteiger partial charge on any atom is 0.277 e. The minimum Gasteiger partial charge on any atom is -0.482 e. The second-order valence-electron chi connectivity index (χ2n) is 8.07. The lowest BCUT2D eigenvalue weighted by Crippen LogP contribution is -2.45. The van der Waals surface area contributed by atoms with Gasteiger partial charge in [0.25, 0.3) is 5.91 Å². The summed E-state index contributed by atoms with van der Waals surface area (Å²) in [7, 11) is 0. The van der Waals surface area contributed by atoms with Gasteiger partial charge in [-0.1, -0.05) is 42.3 Å². The van der Waals surface area contributed by atoms with Gasteiger partial charge in [0.2, 0.25) is 0 Å². The number of rotatable bonds is 7. The zero-order valence-electron chi connectivity index (χ0n) is 18.2. The molecule has 0 spiro atoms. The number of fused-ring (bicyclic) bond motifs is 1. The van der Waals surface area contributed by atoms with Gasteiger partial charge in [0.15, 0.2) is 6.61 Å². The van der Waals surface area contributed by atoms with E-state index < -0.39 is 0 Å². The molecule has 0 atom stereocenters. The Morgan fingerprint density at radius 2 is 2.00 bits per heavy atom. The molecule has 2 aromatic rings. The maximum atomic E-state index is 12.0. The molecule has 2 aromatic carbocycles. The van der Waals surface area contributed by atoms with E-state index in [0.29, 0.717) is 15.8 Å². The number of nitrogens with one attached hydrogen (secondary N) is 1. The van der Waals surface area contributed by atoms with E-state index in [1.807, 2.05) is 6.07 Å². The summed E-state index contributed by atoms with van der Waals surface area (Å²) >= 11 is 11.9. The zero-order chi connectivity index (χ0) is 22.6. The number of carbonyl (C=O) groups is 1. The van der Waals surface area contributed by atoms with E-state index in [4.69, 9.17) is 27.9 Å². The van der Waals surface area contributed by atoms with Gasteiger partial charge in [0.05, 0.1) is 16.8 Å². The van der Waals surface area contributed by atoms with Crippen LogP contribution in [0.4, 0.5) is 5.69 Å². The molecule has 0 bridgehead atoms. The Labute approximate surface area is 193 Å². The quantitative estimate of drug-likeness (QED) is 0.411. The van der Waals surface area contributed by atoms with E-state index in [1.54, 1.807) is 24.4 Å². The van der Waals surface area contributed by atoms with Crippen LogP contribution in [0.5, 0.6) is 5.75 Å². The summed E-state index contributed by atoms with van der Waals surface area (Å²) in [6.07, 6.45) is 5.01. The molecule has 1 aliphatic rings. The van der Waals surface area contributed by atoms with Crippen LogP contribution in [-0.4, -0.2) is 30.8 Å². The van der Waals surface area contributed by atoms with Crippen molar-refractivity contribution < 1.29 is 9.53 Å². The van der Waals surface area contributed by atoms with Crippen molar-refractivity contribution in [3.63, 3.8) is 0 Å². The minimum atomic E-state index is -0.382. The Balaban J connectivity index is 1.64. The standard InChI is InChI=1S/C24H27Cl2N3O2/c1-5-10-29-21-8-6-17(11-19(21)16(2)13-24(29,3)4)14-27-28-23(30)15-31-22-9-7-18(25)12-20(22)26/h6-9,11-14H,5,10,15H2,1-4H3,(H,28,30)/b27-14+. The van der Waals surface area contributed by atoms with E-state index in [0.717, 1.165) is 18.5 Å². The number of benzene rings is 2. The van der Waals surface area contributed by atoms with E-state index in [1.165, 1.54) is 16.8 Å². The minimum absolute atomic E-state index is 0.0241. The number of allylic oxidation sites excluding steroid dienone is 1. The highest BCUT2D eigenvalue weighted by atomic mass is 35.5. The maximum absolute atomic E-state index is 12.0. The molecule has 164 valence electrons. The van der Waals surface area contributed by atoms with Gasteiger partial charge in [-0.15, -0.1) is 0 Å². The Kier molecular flexibility index (Phi) is 7.29. The summed E-state index contributed by atoms with van der Waals surface area (Å²) in [6.45, 7) is 9.58. The smallest absolute Gasteiger partial charge is 0.277 e. The molecule has 0 radical (unpaired) electrons. The van der Waals surface area contributed by atoms with Crippen LogP contribution in [0.2, 0.25) is 10.0 Å². The lowest BCUT2D eigenvalue weighted by atomic mass is 9.88. The molecule has 1 amide bonds. The van der Waals surface area contributed by atoms with Gasteiger partial charge in [-0.3, -0.25) is 4.79 Å².